The molecule has 0 aliphatic carbocycles. The van der Waals surface area contributed by atoms with Gasteiger partial charge < -0.3 is 14.4 Å². The number of ether oxygens (including phenoxy) is 1. The first kappa shape index (κ1) is 11.4. The second kappa shape index (κ2) is 4.84. The van der Waals surface area contributed by atoms with Gasteiger partial charge in [-0.15, -0.1) is 0 Å². The van der Waals surface area contributed by atoms with Crippen molar-refractivity contribution in [3.63, 3.8) is 0 Å². The van der Waals surface area contributed by atoms with E-state index < -0.39 is 0 Å². The van der Waals surface area contributed by atoms with Crippen LogP contribution >= 0.6 is 0 Å². The fraction of sp³-hybridized carbons (Fsp3) is 0.154. The summed E-state index contributed by atoms with van der Waals surface area (Å²) < 4.78 is 6.51. The number of benzene rings is 1. The summed E-state index contributed by atoms with van der Waals surface area (Å²) in [7, 11) is 1.36. The predicted octanol–water partition coefficient (Wildman–Crippen LogP) is 1.76. The monoisotopic (exact) mass is 231 g/mol. The number of aliphatic hydroxyl groups is 1. The topological polar surface area (TPSA) is 51.5 Å². The molecule has 0 bridgehead atoms. The molecule has 0 fully saturated rings. The Morgan fingerprint density at radius 2 is 2.24 bits per heavy atom. The van der Waals surface area contributed by atoms with Crippen LogP contribution in [0.1, 0.15) is 15.9 Å². The Bertz CT molecular complexity index is 531. The standard InChI is InChI=1S/C13H13NO3/c1-17-13(16)11-3-2-4-12(7-11)14-6-5-10(8-14)9-15/h2-8,15H,9H2,1H3. The highest BCUT2D eigenvalue weighted by Gasteiger charge is 2.06. The highest BCUT2D eigenvalue weighted by molar-refractivity contribution is 5.89. The van der Waals surface area contributed by atoms with E-state index >= 15 is 0 Å². The molecule has 0 unspecified atom stereocenters. The fourth-order valence-corrected chi connectivity index (χ4v) is 1.61. The van der Waals surface area contributed by atoms with Gasteiger partial charge in [0.2, 0.25) is 0 Å². The summed E-state index contributed by atoms with van der Waals surface area (Å²) in [6.07, 6.45) is 3.65. The van der Waals surface area contributed by atoms with Crippen LogP contribution in [-0.2, 0) is 11.3 Å². The lowest BCUT2D eigenvalue weighted by Crippen LogP contribution is -2.02. The molecule has 2 rings (SSSR count). The number of methoxy groups -OCH3 is 1. The lowest BCUT2D eigenvalue weighted by Gasteiger charge is -2.05. The first-order valence-corrected chi connectivity index (χ1v) is 5.21. The lowest BCUT2D eigenvalue weighted by molar-refractivity contribution is 0.0600. The average molecular weight is 231 g/mol. The zero-order valence-electron chi connectivity index (χ0n) is 9.46. The largest absolute Gasteiger partial charge is 0.465 e. The van der Waals surface area contributed by atoms with Gasteiger partial charge in [0, 0.05) is 18.1 Å². The minimum Gasteiger partial charge on any atom is -0.465 e. The number of aliphatic hydroxyl groups excluding tert-OH is 1. The molecule has 1 aromatic heterocycles. The summed E-state index contributed by atoms with van der Waals surface area (Å²) in [5.41, 5.74) is 2.19. The van der Waals surface area contributed by atoms with Gasteiger partial charge in [0.1, 0.15) is 0 Å². The zero-order valence-corrected chi connectivity index (χ0v) is 9.46. The molecule has 1 N–H and O–H groups in total. The van der Waals surface area contributed by atoms with Crippen molar-refractivity contribution < 1.29 is 14.6 Å². The molecule has 0 aliphatic heterocycles. The number of esters is 1. The van der Waals surface area contributed by atoms with Crippen molar-refractivity contribution in [2.45, 2.75) is 6.61 Å². The maximum atomic E-state index is 11.4. The van der Waals surface area contributed by atoms with Gasteiger partial charge in [-0.05, 0) is 29.8 Å². The average Bonchev–Trinajstić information content (AvgIpc) is 2.86. The van der Waals surface area contributed by atoms with E-state index in [1.54, 1.807) is 18.2 Å². The highest BCUT2D eigenvalue weighted by Crippen LogP contribution is 2.13. The minimum atomic E-state index is -0.360. The van der Waals surface area contributed by atoms with Crippen LogP contribution in [0.3, 0.4) is 0 Å². The van der Waals surface area contributed by atoms with E-state index in [4.69, 9.17) is 5.11 Å². The van der Waals surface area contributed by atoms with E-state index in [1.165, 1.54) is 7.11 Å². The maximum Gasteiger partial charge on any atom is 0.337 e. The van der Waals surface area contributed by atoms with Crippen molar-refractivity contribution >= 4 is 5.97 Å². The SMILES string of the molecule is COC(=O)c1cccc(-n2ccc(CO)c2)c1. The van der Waals surface area contributed by atoms with Gasteiger partial charge in [-0.25, -0.2) is 4.79 Å². The van der Waals surface area contributed by atoms with E-state index in [9.17, 15) is 4.79 Å². The minimum absolute atomic E-state index is 0.00366. The van der Waals surface area contributed by atoms with E-state index in [-0.39, 0.29) is 12.6 Å². The smallest absolute Gasteiger partial charge is 0.337 e. The normalized spacial score (nSPS) is 10.2. The number of hydrogen-bond acceptors (Lipinski definition) is 3. The quantitative estimate of drug-likeness (QED) is 0.819. The third kappa shape index (κ3) is 2.37. The molecule has 1 aromatic carbocycles. The predicted molar refractivity (Wildman–Crippen MR) is 63.0 cm³/mol. The van der Waals surface area contributed by atoms with Gasteiger partial charge in [-0.3, -0.25) is 0 Å². The molecule has 2 aromatic rings. The fourth-order valence-electron chi connectivity index (χ4n) is 1.61. The van der Waals surface area contributed by atoms with Crippen molar-refractivity contribution in [3.8, 4) is 5.69 Å². The summed E-state index contributed by atoms with van der Waals surface area (Å²) in [5.74, 6) is -0.360. The molecule has 0 spiro atoms. The molecular formula is C13H13NO3. The van der Waals surface area contributed by atoms with Crippen molar-refractivity contribution in [1.82, 2.24) is 4.57 Å². The Kier molecular flexibility index (Phi) is 3.25. The molecule has 0 atom stereocenters. The molecule has 4 heteroatoms. The summed E-state index contributed by atoms with van der Waals surface area (Å²) in [4.78, 5) is 11.4. The van der Waals surface area contributed by atoms with Crippen LogP contribution in [0, 0.1) is 0 Å². The van der Waals surface area contributed by atoms with Gasteiger partial charge in [0.25, 0.3) is 0 Å². The number of hydrogen-bond donors (Lipinski definition) is 1. The van der Waals surface area contributed by atoms with Crippen LogP contribution in [0.15, 0.2) is 42.7 Å². The first-order valence-electron chi connectivity index (χ1n) is 5.21. The Labute approximate surface area is 99.1 Å². The summed E-state index contributed by atoms with van der Waals surface area (Å²) >= 11 is 0. The Morgan fingerprint density at radius 3 is 2.88 bits per heavy atom. The van der Waals surface area contributed by atoms with Crippen molar-refractivity contribution in [2.24, 2.45) is 0 Å². The molecule has 0 radical (unpaired) electrons. The van der Waals surface area contributed by atoms with E-state index in [0.717, 1.165) is 11.3 Å². The molecular weight excluding hydrogens is 218 g/mol. The van der Waals surface area contributed by atoms with Crippen molar-refractivity contribution in [2.75, 3.05) is 7.11 Å². The lowest BCUT2D eigenvalue weighted by atomic mass is 10.2. The number of rotatable bonds is 3. The van der Waals surface area contributed by atoms with Crippen LogP contribution in [-0.4, -0.2) is 22.8 Å². The van der Waals surface area contributed by atoms with E-state index in [1.807, 2.05) is 29.1 Å². The summed E-state index contributed by atoms with van der Waals surface area (Å²) in [6.45, 7) is 0.00366. The van der Waals surface area contributed by atoms with Crippen molar-refractivity contribution in [1.29, 1.82) is 0 Å². The van der Waals surface area contributed by atoms with Gasteiger partial charge in [-0.1, -0.05) is 6.07 Å². The van der Waals surface area contributed by atoms with E-state index in [0.29, 0.717) is 5.56 Å². The third-order valence-corrected chi connectivity index (χ3v) is 2.50. The van der Waals surface area contributed by atoms with Gasteiger partial charge in [0.05, 0.1) is 19.3 Å². The van der Waals surface area contributed by atoms with Crippen LogP contribution in [0.4, 0.5) is 0 Å². The molecule has 1 heterocycles. The number of nitrogens with zero attached hydrogens (tertiary/aromatic N) is 1. The Morgan fingerprint density at radius 1 is 1.41 bits per heavy atom. The number of carbonyl (C=O) groups excluding carboxylic acids is 1. The molecule has 0 saturated heterocycles. The molecule has 17 heavy (non-hydrogen) atoms. The molecule has 88 valence electrons. The van der Waals surface area contributed by atoms with Gasteiger partial charge in [0.15, 0.2) is 0 Å². The third-order valence-electron chi connectivity index (χ3n) is 2.50. The van der Waals surface area contributed by atoms with Crippen LogP contribution in [0.5, 0.6) is 0 Å². The van der Waals surface area contributed by atoms with Crippen LogP contribution < -0.4 is 0 Å². The maximum absolute atomic E-state index is 11.4. The second-order valence-electron chi connectivity index (χ2n) is 3.63. The summed E-state index contributed by atoms with van der Waals surface area (Å²) in [5, 5.41) is 8.99. The molecule has 0 amide bonds. The Balaban J connectivity index is 2.35. The second-order valence-corrected chi connectivity index (χ2v) is 3.63. The first-order chi connectivity index (χ1) is 8.24. The zero-order chi connectivity index (χ0) is 12.3. The molecule has 4 nitrogen and oxygen atoms in total. The number of aromatic nitrogens is 1. The molecule has 0 saturated carbocycles. The van der Waals surface area contributed by atoms with Crippen LogP contribution in [0.2, 0.25) is 0 Å². The number of carbonyl (C=O) groups is 1. The highest BCUT2D eigenvalue weighted by atomic mass is 16.5. The Hall–Kier alpha value is -2.07. The van der Waals surface area contributed by atoms with E-state index in [2.05, 4.69) is 4.74 Å². The van der Waals surface area contributed by atoms with Gasteiger partial charge >= 0.3 is 5.97 Å². The van der Waals surface area contributed by atoms with Crippen LogP contribution in [0.25, 0.3) is 5.69 Å². The molecule has 0 aliphatic rings. The van der Waals surface area contributed by atoms with Gasteiger partial charge in [-0.2, -0.15) is 0 Å². The summed E-state index contributed by atoms with van der Waals surface area (Å²) in [6, 6.07) is 8.94. The van der Waals surface area contributed by atoms with Crippen molar-refractivity contribution in [3.05, 3.63) is 53.9 Å².